The van der Waals surface area contributed by atoms with Crippen LogP contribution in [0.5, 0.6) is 5.75 Å². The summed E-state index contributed by atoms with van der Waals surface area (Å²) in [5.74, 6) is 6.14. The fourth-order valence-corrected chi connectivity index (χ4v) is 4.32. The van der Waals surface area contributed by atoms with Crippen molar-refractivity contribution >= 4 is 23.2 Å². The van der Waals surface area contributed by atoms with Gasteiger partial charge in [0.25, 0.3) is 5.91 Å². The number of benzene rings is 3. The van der Waals surface area contributed by atoms with Crippen LogP contribution >= 0.6 is 0 Å². The minimum absolute atomic E-state index is 0.100. The maximum Gasteiger partial charge on any atom is 0.256 e. The van der Waals surface area contributed by atoms with E-state index in [4.69, 9.17) is 0 Å². The maximum absolute atomic E-state index is 12.8. The topological polar surface area (TPSA) is 65.1 Å². The van der Waals surface area contributed by atoms with Gasteiger partial charge in [0.2, 0.25) is 0 Å². The number of hydrogen-bond donors (Lipinski definition) is 3. The van der Waals surface area contributed by atoms with Crippen LogP contribution in [0.2, 0.25) is 0 Å². The van der Waals surface area contributed by atoms with Crippen LogP contribution in [0.1, 0.15) is 45.1 Å². The minimum atomic E-state index is -0.363. The summed E-state index contributed by atoms with van der Waals surface area (Å²) in [6.45, 7) is 4.00. The van der Waals surface area contributed by atoms with Crippen molar-refractivity contribution in [3.05, 3.63) is 118 Å². The number of aromatic nitrogens is 1. The molecule has 1 aromatic heterocycles. The second-order valence-corrected chi connectivity index (χ2v) is 8.50. The van der Waals surface area contributed by atoms with Crippen LogP contribution in [0.3, 0.4) is 0 Å². The van der Waals surface area contributed by atoms with Gasteiger partial charge in [-0.05, 0) is 55.3 Å². The van der Waals surface area contributed by atoms with Gasteiger partial charge < -0.3 is 15.4 Å². The first kappa shape index (κ1) is 21.4. The fraction of sp³-hybridized carbons (Fsp3) is 0.100. The lowest BCUT2D eigenvalue weighted by atomic mass is 9.88. The Morgan fingerprint density at radius 1 is 0.941 bits per heavy atom. The quantitative estimate of drug-likeness (QED) is 0.267. The van der Waals surface area contributed by atoms with E-state index in [0.717, 1.165) is 33.6 Å². The van der Waals surface area contributed by atoms with Crippen molar-refractivity contribution in [3.8, 4) is 17.6 Å². The summed E-state index contributed by atoms with van der Waals surface area (Å²) < 4.78 is 0. The van der Waals surface area contributed by atoms with Gasteiger partial charge in [0.15, 0.2) is 0 Å². The van der Waals surface area contributed by atoms with Crippen molar-refractivity contribution in [1.29, 1.82) is 0 Å². The zero-order chi connectivity index (χ0) is 23.7. The Hall–Kier alpha value is -4.49. The number of hydrogen-bond acceptors (Lipinski definition) is 2. The molecule has 0 saturated carbocycles. The average molecular weight is 445 g/mol. The normalized spacial score (nSPS) is 14.3. The van der Waals surface area contributed by atoms with E-state index >= 15 is 0 Å². The molecule has 3 aromatic carbocycles. The van der Waals surface area contributed by atoms with Crippen LogP contribution in [0, 0.1) is 25.7 Å². The number of aryl methyl sites for hydroxylation is 2. The zero-order valence-electron chi connectivity index (χ0n) is 19.0. The Balaban J connectivity index is 1.64. The molecule has 1 atom stereocenters. The number of fused-ring (bicyclic) bond motifs is 1. The van der Waals surface area contributed by atoms with Crippen LogP contribution in [0.4, 0.5) is 5.69 Å². The van der Waals surface area contributed by atoms with Gasteiger partial charge in [-0.1, -0.05) is 60.4 Å². The summed E-state index contributed by atoms with van der Waals surface area (Å²) in [5, 5.41) is 13.9. The van der Waals surface area contributed by atoms with E-state index in [1.165, 1.54) is 0 Å². The zero-order valence-corrected chi connectivity index (χ0v) is 19.0. The van der Waals surface area contributed by atoms with Gasteiger partial charge in [-0.2, -0.15) is 0 Å². The molecule has 0 spiro atoms. The minimum Gasteiger partial charge on any atom is -0.508 e. The predicted molar refractivity (Wildman–Crippen MR) is 136 cm³/mol. The van der Waals surface area contributed by atoms with Crippen LogP contribution < -0.4 is 5.32 Å². The van der Waals surface area contributed by atoms with Crippen molar-refractivity contribution in [2.75, 3.05) is 5.32 Å². The molecule has 34 heavy (non-hydrogen) atoms. The summed E-state index contributed by atoms with van der Waals surface area (Å²) in [5.41, 5.74) is 7.45. The predicted octanol–water partition coefficient (Wildman–Crippen LogP) is 6.01. The standard InChI is InChI=1S/C30H24N2O2/c1-19-15-20(2)31-27(19)17-26-24-16-25(29(33)18-28(24)32-30(26)34)23(22-11-7-4-8-12-22)14-13-21-9-5-3-6-10-21/h3-12,15-18,23,31,33H,1-2H3,(H,32,34)/b26-17-. The summed E-state index contributed by atoms with van der Waals surface area (Å²) in [6.07, 6.45) is 1.87. The first-order valence-corrected chi connectivity index (χ1v) is 11.2. The molecule has 0 radical (unpaired) electrons. The lowest BCUT2D eigenvalue weighted by Gasteiger charge is -2.15. The average Bonchev–Trinajstić information content (AvgIpc) is 3.32. The third-order valence-corrected chi connectivity index (χ3v) is 6.01. The smallest absolute Gasteiger partial charge is 0.256 e. The Kier molecular flexibility index (Phi) is 5.53. The third kappa shape index (κ3) is 4.12. The SMILES string of the molecule is Cc1cc(C)c(/C=C2\C(=O)Nc3cc(O)c(C(C#Cc4ccccc4)c4ccccc4)cc32)[nH]1. The lowest BCUT2D eigenvalue weighted by Crippen LogP contribution is -2.03. The molecule has 4 heteroatoms. The van der Waals surface area contributed by atoms with Gasteiger partial charge >= 0.3 is 0 Å². The fourth-order valence-electron chi connectivity index (χ4n) is 4.32. The molecule has 1 aliphatic rings. The first-order chi connectivity index (χ1) is 16.5. The first-order valence-electron chi connectivity index (χ1n) is 11.2. The molecule has 1 aliphatic heterocycles. The second kappa shape index (κ2) is 8.80. The molecular weight excluding hydrogens is 420 g/mol. The number of H-pyrrole nitrogens is 1. The maximum atomic E-state index is 12.8. The van der Waals surface area contributed by atoms with Gasteiger partial charge in [0, 0.05) is 34.1 Å². The number of anilines is 1. The molecule has 1 unspecified atom stereocenters. The molecule has 0 fully saturated rings. The van der Waals surface area contributed by atoms with Crippen LogP contribution in [0.15, 0.2) is 78.9 Å². The van der Waals surface area contributed by atoms with Crippen molar-refractivity contribution in [3.63, 3.8) is 0 Å². The molecule has 5 rings (SSSR count). The highest BCUT2D eigenvalue weighted by Crippen LogP contribution is 2.41. The van der Waals surface area contributed by atoms with Crippen molar-refractivity contribution in [2.24, 2.45) is 0 Å². The molecule has 0 saturated heterocycles. The lowest BCUT2D eigenvalue weighted by molar-refractivity contribution is -0.110. The molecule has 0 aliphatic carbocycles. The molecular formula is C30H24N2O2. The van der Waals surface area contributed by atoms with Crippen molar-refractivity contribution in [1.82, 2.24) is 4.98 Å². The van der Waals surface area contributed by atoms with E-state index < -0.39 is 0 Å². The van der Waals surface area contributed by atoms with E-state index in [1.54, 1.807) is 6.07 Å². The van der Waals surface area contributed by atoms with Crippen LogP contribution in [-0.2, 0) is 4.79 Å². The van der Waals surface area contributed by atoms with Gasteiger partial charge in [-0.15, -0.1) is 0 Å². The third-order valence-electron chi connectivity index (χ3n) is 6.01. The summed E-state index contributed by atoms with van der Waals surface area (Å²) in [4.78, 5) is 16.1. The number of carbonyl (C=O) groups is 1. The number of phenolic OH excluding ortho intramolecular Hbond substituents is 1. The molecule has 4 aromatic rings. The molecule has 166 valence electrons. The number of aromatic hydroxyl groups is 1. The second-order valence-electron chi connectivity index (χ2n) is 8.50. The van der Waals surface area contributed by atoms with E-state index in [1.807, 2.05) is 92.7 Å². The number of phenols is 1. The highest BCUT2D eigenvalue weighted by atomic mass is 16.3. The van der Waals surface area contributed by atoms with Gasteiger partial charge in [0.05, 0.1) is 17.2 Å². The summed E-state index contributed by atoms with van der Waals surface area (Å²) in [7, 11) is 0. The van der Waals surface area contributed by atoms with E-state index in [-0.39, 0.29) is 17.6 Å². The molecule has 3 N–H and O–H groups in total. The van der Waals surface area contributed by atoms with Crippen LogP contribution in [-0.4, -0.2) is 16.0 Å². The highest BCUT2D eigenvalue weighted by molar-refractivity contribution is 6.35. The Morgan fingerprint density at radius 2 is 1.65 bits per heavy atom. The number of amides is 1. The molecule has 4 nitrogen and oxygen atoms in total. The summed E-state index contributed by atoms with van der Waals surface area (Å²) >= 11 is 0. The number of nitrogens with one attached hydrogen (secondary N) is 2. The highest BCUT2D eigenvalue weighted by Gasteiger charge is 2.28. The van der Waals surface area contributed by atoms with Crippen molar-refractivity contribution in [2.45, 2.75) is 19.8 Å². The van der Waals surface area contributed by atoms with E-state index in [2.05, 4.69) is 22.1 Å². The molecule has 1 amide bonds. The number of rotatable bonds is 3. The van der Waals surface area contributed by atoms with Gasteiger partial charge in [-0.3, -0.25) is 4.79 Å². The van der Waals surface area contributed by atoms with Gasteiger partial charge in [-0.25, -0.2) is 0 Å². The molecule has 2 heterocycles. The van der Waals surface area contributed by atoms with E-state index in [9.17, 15) is 9.90 Å². The monoisotopic (exact) mass is 444 g/mol. The number of aromatic amines is 1. The van der Waals surface area contributed by atoms with Crippen molar-refractivity contribution < 1.29 is 9.90 Å². The molecule has 0 bridgehead atoms. The Labute approximate surface area is 199 Å². The Morgan fingerprint density at radius 3 is 2.32 bits per heavy atom. The number of carbonyl (C=O) groups excluding carboxylic acids is 1. The van der Waals surface area contributed by atoms with E-state index in [0.29, 0.717) is 16.8 Å². The Bertz CT molecular complexity index is 1470. The van der Waals surface area contributed by atoms with Gasteiger partial charge in [0.1, 0.15) is 5.75 Å². The largest absolute Gasteiger partial charge is 0.508 e. The van der Waals surface area contributed by atoms with Crippen LogP contribution in [0.25, 0.3) is 11.6 Å². The summed E-state index contributed by atoms with van der Waals surface area (Å²) in [6, 6.07) is 25.2.